The normalized spacial score (nSPS) is 20.8. The van der Waals surface area contributed by atoms with E-state index in [-0.39, 0.29) is 52.4 Å². The number of hydrogen-bond acceptors (Lipinski definition) is 7. The van der Waals surface area contributed by atoms with E-state index in [1.807, 2.05) is 19.1 Å². The molecule has 3 heterocycles. The third kappa shape index (κ3) is 5.25. The van der Waals surface area contributed by atoms with E-state index in [0.29, 0.717) is 29.5 Å². The van der Waals surface area contributed by atoms with Crippen LogP contribution in [-0.4, -0.2) is 46.4 Å². The minimum atomic E-state index is -4.88. The first-order chi connectivity index (χ1) is 21.4. The summed E-state index contributed by atoms with van der Waals surface area (Å²) in [5, 5.41) is 15.6. The zero-order chi connectivity index (χ0) is 31.7. The molecule has 8 nitrogen and oxygen atoms in total. The Kier molecular flexibility index (Phi) is 6.79. The number of carbonyl (C=O) groups excluding carboxylic acids is 1. The molecule has 0 unspecified atom stereocenters. The van der Waals surface area contributed by atoms with E-state index in [4.69, 9.17) is 15.2 Å². The summed E-state index contributed by atoms with van der Waals surface area (Å²) in [7, 11) is 0. The molecule has 0 spiro atoms. The van der Waals surface area contributed by atoms with Crippen molar-refractivity contribution in [1.82, 2.24) is 15.3 Å². The average molecular weight is 623 g/mol. The lowest BCUT2D eigenvalue weighted by Crippen LogP contribution is -2.52. The van der Waals surface area contributed by atoms with Crippen LogP contribution in [0.3, 0.4) is 0 Å². The fourth-order valence-corrected chi connectivity index (χ4v) is 5.74. The van der Waals surface area contributed by atoms with E-state index in [9.17, 15) is 27.5 Å². The second kappa shape index (κ2) is 10.4. The smallest absolute Gasteiger partial charge is 0.414 e. The highest BCUT2D eigenvalue weighted by molar-refractivity contribution is 6.00. The molecule has 2 aliphatic carbocycles. The van der Waals surface area contributed by atoms with Crippen molar-refractivity contribution >= 4 is 16.8 Å². The van der Waals surface area contributed by atoms with Gasteiger partial charge in [0.15, 0.2) is 11.3 Å². The summed E-state index contributed by atoms with van der Waals surface area (Å²) in [6.45, 7) is 0.646. The molecule has 234 valence electrons. The highest BCUT2D eigenvalue weighted by Gasteiger charge is 2.59. The highest BCUT2D eigenvalue weighted by Crippen LogP contribution is 2.52. The van der Waals surface area contributed by atoms with E-state index in [1.54, 1.807) is 12.1 Å². The predicted octanol–water partition coefficient (Wildman–Crippen LogP) is 5.42. The molecule has 0 saturated heterocycles. The summed E-state index contributed by atoms with van der Waals surface area (Å²) in [4.78, 5) is 22.7. The van der Waals surface area contributed by atoms with Crippen LogP contribution in [0, 0.1) is 18.7 Å². The Labute approximate surface area is 255 Å². The first-order valence-electron chi connectivity index (χ1n) is 14.7. The number of halogens is 4. The van der Waals surface area contributed by atoms with Gasteiger partial charge in [0, 0.05) is 27.8 Å². The average Bonchev–Trinajstić information content (AvgIpc) is 3.94. The highest BCUT2D eigenvalue weighted by atomic mass is 19.4. The summed E-state index contributed by atoms with van der Waals surface area (Å²) in [5.41, 5.74) is 2.74. The maximum absolute atomic E-state index is 14.3. The number of nitrogens with two attached hydrogens (primary N) is 1. The van der Waals surface area contributed by atoms with Crippen LogP contribution in [0.5, 0.6) is 11.5 Å². The van der Waals surface area contributed by atoms with Crippen molar-refractivity contribution < 1.29 is 36.9 Å². The number of aliphatic hydroxyl groups is 1. The monoisotopic (exact) mass is 622 g/mol. The molecule has 1 amide bonds. The van der Waals surface area contributed by atoms with Gasteiger partial charge in [-0.05, 0) is 87.1 Å². The topological polar surface area (TPSA) is 120 Å². The SMILES string of the molecule is Cc1ccc2cc(C(=O)NC[C@](O)(c3cc4c(c(-c5ccc(F)cc5)n3)OC[C@@]4(N)C(F)(F)F)C3CC3)cc(OC3CC3)c2n1. The summed E-state index contributed by atoms with van der Waals surface area (Å²) in [6.07, 6.45) is -1.86. The number of nitrogens with zero attached hydrogens (tertiary/aromatic N) is 2. The second-order valence-corrected chi connectivity index (χ2v) is 12.2. The molecule has 2 aromatic carbocycles. The number of aryl methyl sites for hydroxylation is 1. The van der Waals surface area contributed by atoms with Gasteiger partial charge in [0.05, 0.1) is 18.3 Å². The molecule has 4 N–H and O–H groups in total. The number of carbonyl (C=O) groups is 1. The standard InChI is InChI=1S/C33H30F4N4O4/c1-17-2-3-19-12-20(13-25(27(19)40-17)45-23-10-11-23)30(42)39-15-31(43,21-6-7-21)26-14-24-29(44-16-32(24,38)33(35,36)37)28(41-26)18-4-8-22(34)9-5-18/h2-5,8-9,12-14,21,23,43H,6-7,10-11,15-16,38H2,1H3,(H,39,42)/t31-,32+/m1/s1. The number of alkyl halides is 3. The van der Waals surface area contributed by atoms with Crippen LogP contribution >= 0.6 is 0 Å². The van der Waals surface area contributed by atoms with Crippen LogP contribution < -0.4 is 20.5 Å². The third-order valence-corrected chi connectivity index (χ3v) is 8.71. The number of pyridine rings is 2. The number of rotatable bonds is 8. The van der Waals surface area contributed by atoms with Crippen LogP contribution in [-0.2, 0) is 11.1 Å². The summed E-state index contributed by atoms with van der Waals surface area (Å²) in [5.74, 6) is -1.14. The molecule has 3 aliphatic rings. The van der Waals surface area contributed by atoms with Gasteiger partial charge in [-0.2, -0.15) is 13.2 Å². The zero-order valence-electron chi connectivity index (χ0n) is 24.2. The van der Waals surface area contributed by atoms with Crippen LogP contribution in [0.25, 0.3) is 22.2 Å². The largest absolute Gasteiger partial charge is 0.488 e. The number of fused-ring (bicyclic) bond motifs is 2. The van der Waals surface area contributed by atoms with Gasteiger partial charge in [0.2, 0.25) is 0 Å². The Morgan fingerprint density at radius 3 is 2.49 bits per heavy atom. The Morgan fingerprint density at radius 1 is 1.09 bits per heavy atom. The molecule has 12 heteroatoms. The number of nitrogens with one attached hydrogen (secondary N) is 1. The van der Waals surface area contributed by atoms with E-state index < -0.39 is 35.6 Å². The Bertz CT molecular complexity index is 1820. The van der Waals surface area contributed by atoms with Gasteiger partial charge in [-0.1, -0.05) is 6.07 Å². The summed E-state index contributed by atoms with van der Waals surface area (Å²) < 4.78 is 68.1. The molecule has 2 aromatic heterocycles. The second-order valence-electron chi connectivity index (χ2n) is 12.2. The van der Waals surface area contributed by atoms with Gasteiger partial charge in [-0.25, -0.2) is 14.4 Å². The minimum Gasteiger partial charge on any atom is -0.488 e. The third-order valence-electron chi connectivity index (χ3n) is 8.71. The van der Waals surface area contributed by atoms with Crippen molar-refractivity contribution in [2.75, 3.05) is 13.2 Å². The first-order valence-corrected chi connectivity index (χ1v) is 14.7. The molecule has 0 radical (unpaired) electrons. The molecular formula is C33H30F4N4O4. The van der Waals surface area contributed by atoms with Gasteiger partial charge in [-0.15, -0.1) is 0 Å². The molecule has 1 aliphatic heterocycles. The van der Waals surface area contributed by atoms with E-state index in [1.165, 1.54) is 12.1 Å². The fourth-order valence-electron chi connectivity index (χ4n) is 5.74. The van der Waals surface area contributed by atoms with E-state index >= 15 is 0 Å². The number of aromatic nitrogens is 2. The lowest BCUT2D eigenvalue weighted by Gasteiger charge is -2.31. The maximum Gasteiger partial charge on any atom is 0.414 e. The Morgan fingerprint density at radius 2 is 1.82 bits per heavy atom. The van der Waals surface area contributed by atoms with Crippen molar-refractivity contribution in [1.29, 1.82) is 0 Å². The van der Waals surface area contributed by atoms with E-state index in [0.717, 1.165) is 36.7 Å². The quantitative estimate of drug-likeness (QED) is 0.225. The number of hydrogen-bond donors (Lipinski definition) is 3. The van der Waals surface area contributed by atoms with Gasteiger partial charge < -0.3 is 25.6 Å². The van der Waals surface area contributed by atoms with E-state index in [2.05, 4.69) is 15.3 Å². The number of ether oxygens (including phenoxy) is 2. The molecule has 2 atom stereocenters. The number of benzene rings is 2. The van der Waals surface area contributed by atoms with Crippen LogP contribution in [0.2, 0.25) is 0 Å². The lowest BCUT2D eigenvalue weighted by molar-refractivity contribution is -0.191. The maximum atomic E-state index is 14.3. The van der Waals surface area contributed by atoms with Crippen LogP contribution in [0.1, 0.15) is 53.0 Å². The van der Waals surface area contributed by atoms with Crippen molar-refractivity contribution in [2.45, 2.75) is 56.0 Å². The molecule has 7 rings (SSSR count). The Hall–Kier alpha value is -4.29. The van der Waals surface area contributed by atoms with Gasteiger partial charge in [0.1, 0.15) is 35.0 Å². The number of amides is 1. The molecule has 45 heavy (non-hydrogen) atoms. The van der Waals surface area contributed by atoms with Gasteiger partial charge in [0.25, 0.3) is 5.91 Å². The van der Waals surface area contributed by atoms with Gasteiger partial charge in [-0.3, -0.25) is 4.79 Å². The molecular weight excluding hydrogens is 592 g/mol. The van der Waals surface area contributed by atoms with Crippen molar-refractivity contribution in [2.24, 2.45) is 11.7 Å². The van der Waals surface area contributed by atoms with Crippen molar-refractivity contribution in [3.05, 3.63) is 82.9 Å². The molecule has 2 fully saturated rings. The fraction of sp³-hybridized carbons (Fsp3) is 0.364. The predicted molar refractivity (Wildman–Crippen MR) is 156 cm³/mol. The molecule has 4 aromatic rings. The zero-order valence-corrected chi connectivity index (χ0v) is 24.2. The van der Waals surface area contributed by atoms with Crippen molar-refractivity contribution in [3.63, 3.8) is 0 Å². The lowest BCUT2D eigenvalue weighted by atomic mass is 9.86. The van der Waals surface area contributed by atoms with Gasteiger partial charge >= 0.3 is 6.18 Å². The van der Waals surface area contributed by atoms with Crippen LogP contribution in [0.15, 0.2) is 54.6 Å². The summed E-state index contributed by atoms with van der Waals surface area (Å²) in [6, 6.07) is 13.1. The first kappa shape index (κ1) is 29.4. The van der Waals surface area contributed by atoms with Crippen molar-refractivity contribution in [3.8, 4) is 22.8 Å². The molecule has 2 saturated carbocycles. The Balaban J connectivity index is 1.26. The molecule has 0 bridgehead atoms. The minimum absolute atomic E-state index is 0.0105. The van der Waals surface area contributed by atoms with Crippen LogP contribution in [0.4, 0.5) is 17.6 Å². The summed E-state index contributed by atoms with van der Waals surface area (Å²) >= 11 is 0.